The Balaban J connectivity index is 2.88. The zero-order chi connectivity index (χ0) is 16.1. The topological polar surface area (TPSA) is 84.2 Å². The zero-order valence-corrected chi connectivity index (χ0v) is 11.9. The number of hydrogen-bond acceptors (Lipinski definition) is 3. The maximum Gasteiger partial charge on any atom is 0.402 e. The molecule has 21 heavy (non-hydrogen) atoms. The second kappa shape index (κ2) is 6.80. The van der Waals surface area contributed by atoms with E-state index >= 15 is 0 Å². The molecule has 0 amide bonds. The summed E-state index contributed by atoms with van der Waals surface area (Å²) < 4.78 is 62.3. The Labute approximate surface area is 120 Å². The molecule has 1 rings (SSSR count). The minimum absolute atomic E-state index is 0.108. The van der Waals surface area contributed by atoms with E-state index in [1.165, 1.54) is 16.9 Å². The second-order valence-electron chi connectivity index (χ2n) is 4.08. The first-order valence-corrected chi connectivity index (χ1v) is 7.25. The van der Waals surface area contributed by atoms with Gasteiger partial charge in [0.15, 0.2) is 0 Å². The first-order valence-electron chi connectivity index (χ1n) is 5.77. The van der Waals surface area contributed by atoms with Gasteiger partial charge >= 0.3 is 6.18 Å². The van der Waals surface area contributed by atoms with Gasteiger partial charge in [-0.3, -0.25) is 4.72 Å². The quantitative estimate of drug-likeness (QED) is 0.727. The van der Waals surface area contributed by atoms with Gasteiger partial charge in [-0.05, 0) is 24.6 Å². The fourth-order valence-corrected chi connectivity index (χ4v) is 2.20. The molecule has 0 fully saturated rings. The molecule has 1 aromatic carbocycles. The Morgan fingerprint density at radius 1 is 1.33 bits per heavy atom. The van der Waals surface area contributed by atoms with Gasteiger partial charge in [-0.2, -0.15) is 26.3 Å². The summed E-state index contributed by atoms with van der Waals surface area (Å²) >= 11 is 0. The molecule has 1 aromatic rings. The molecular weight excluding hydrogens is 307 g/mol. The first kappa shape index (κ1) is 17.3. The molecule has 0 saturated heterocycles. The van der Waals surface area contributed by atoms with Crippen LogP contribution in [0.15, 0.2) is 18.2 Å². The van der Waals surface area contributed by atoms with E-state index in [2.05, 4.69) is 11.8 Å². The lowest BCUT2D eigenvalue weighted by molar-refractivity contribution is -0.121. The van der Waals surface area contributed by atoms with E-state index in [4.69, 9.17) is 5.73 Å². The summed E-state index contributed by atoms with van der Waals surface area (Å²) in [5.41, 5.74) is 6.68. The maximum absolute atomic E-state index is 12.0. The van der Waals surface area contributed by atoms with Crippen molar-refractivity contribution in [1.82, 2.24) is 4.72 Å². The van der Waals surface area contributed by atoms with Crippen molar-refractivity contribution in [3.63, 3.8) is 0 Å². The molecule has 0 saturated carbocycles. The van der Waals surface area contributed by atoms with E-state index < -0.39 is 22.9 Å². The molecule has 116 valence electrons. The average Bonchev–Trinajstić information content (AvgIpc) is 2.36. The van der Waals surface area contributed by atoms with Gasteiger partial charge < -0.3 is 5.73 Å². The van der Waals surface area contributed by atoms with Crippen molar-refractivity contribution in [2.24, 2.45) is 5.73 Å². The SMILES string of the molecule is Cc1ccc(NS(=O)(=O)NCC(F)(F)F)cc1C#CCN. The lowest BCUT2D eigenvalue weighted by Gasteiger charge is -2.11. The van der Waals surface area contributed by atoms with E-state index in [1.54, 1.807) is 13.0 Å². The Hall–Kier alpha value is -1.76. The molecule has 4 N–H and O–H groups in total. The molecule has 0 radical (unpaired) electrons. The molecule has 0 aromatic heterocycles. The van der Waals surface area contributed by atoms with Crippen LogP contribution in [0.5, 0.6) is 0 Å². The van der Waals surface area contributed by atoms with Crippen molar-refractivity contribution >= 4 is 15.9 Å². The number of aryl methyl sites for hydroxylation is 1. The van der Waals surface area contributed by atoms with E-state index in [1.807, 2.05) is 4.72 Å². The number of nitrogens with two attached hydrogens (primary N) is 1. The highest BCUT2D eigenvalue weighted by molar-refractivity contribution is 7.90. The van der Waals surface area contributed by atoms with Crippen LogP contribution in [-0.4, -0.2) is 27.7 Å². The molecule has 0 atom stereocenters. The van der Waals surface area contributed by atoms with E-state index in [9.17, 15) is 21.6 Å². The number of anilines is 1. The van der Waals surface area contributed by atoms with Crippen molar-refractivity contribution in [2.75, 3.05) is 17.8 Å². The summed E-state index contributed by atoms with van der Waals surface area (Å²) in [7, 11) is -4.31. The van der Waals surface area contributed by atoms with Crippen LogP contribution >= 0.6 is 0 Å². The number of nitrogens with one attached hydrogen (secondary N) is 2. The largest absolute Gasteiger partial charge is 0.402 e. The van der Waals surface area contributed by atoms with Crippen molar-refractivity contribution in [3.8, 4) is 11.8 Å². The smallest absolute Gasteiger partial charge is 0.320 e. The Kier molecular flexibility index (Phi) is 5.60. The number of alkyl halides is 3. The number of hydrogen-bond donors (Lipinski definition) is 3. The summed E-state index contributed by atoms with van der Waals surface area (Å²) in [5.74, 6) is 5.36. The predicted octanol–water partition coefficient (Wildman–Crippen LogP) is 1.11. The molecule has 0 unspecified atom stereocenters. The minimum Gasteiger partial charge on any atom is -0.320 e. The maximum atomic E-state index is 12.0. The highest BCUT2D eigenvalue weighted by Gasteiger charge is 2.29. The lowest BCUT2D eigenvalue weighted by Crippen LogP contribution is -2.37. The molecular formula is C12H14F3N3O2S. The van der Waals surface area contributed by atoms with Crippen LogP contribution in [-0.2, 0) is 10.2 Å². The third kappa shape index (κ3) is 6.48. The molecule has 0 heterocycles. The Bertz CT molecular complexity index is 661. The van der Waals surface area contributed by atoms with E-state index in [-0.39, 0.29) is 12.2 Å². The van der Waals surface area contributed by atoms with Gasteiger partial charge in [0, 0.05) is 5.56 Å². The van der Waals surface area contributed by atoms with Crippen LogP contribution in [0.3, 0.4) is 0 Å². The lowest BCUT2D eigenvalue weighted by atomic mass is 10.1. The third-order valence-corrected chi connectivity index (χ3v) is 3.31. The first-order chi connectivity index (χ1) is 9.63. The monoisotopic (exact) mass is 321 g/mol. The van der Waals surface area contributed by atoms with Gasteiger partial charge in [0.1, 0.15) is 6.54 Å². The number of halogens is 3. The minimum atomic E-state index is -4.63. The van der Waals surface area contributed by atoms with Crippen LogP contribution in [0.2, 0.25) is 0 Å². The van der Waals surface area contributed by atoms with Gasteiger partial charge in [0.2, 0.25) is 0 Å². The van der Waals surface area contributed by atoms with Crippen LogP contribution in [0.1, 0.15) is 11.1 Å². The molecule has 0 bridgehead atoms. The van der Waals surface area contributed by atoms with Gasteiger partial charge in [-0.15, -0.1) is 0 Å². The molecule has 0 aliphatic rings. The summed E-state index contributed by atoms with van der Waals surface area (Å²) in [6, 6.07) is 4.45. The molecule has 0 aliphatic carbocycles. The van der Waals surface area contributed by atoms with Crippen molar-refractivity contribution < 1.29 is 21.6 Å². The van der Waals surface area contributed by atoms with Gasteiger partial charge in [-0.25, -0.2) is 0 Å². The highest BCUT2D eigenvalue weighted by atomic mass is 32.2. The fraction of sp³-hybridized carbons (Fsp3) is 0.333. The average molecular weight is 321 g/mol. The van der Waals surface area contributed by atoms with Gasteiger partial charge in [0.05, 0.1) is 12.2 Å². The fourth-order valence-electron chi connectivity index (χ4n) is 1.33. The zero-order valence-electron chi connectivity index (χ0n) is 11.1. The Morgan fingerprint density at radius 2 is 2.00 bits per heavy atom. The van der Waals surface area contributed by atoms with Crippen LogP contribution in [0, 0.1) is 18.8 Å². The van der Waals surface area contributed by atoms with Crippen LogP contribution < -0.4 is 15.2 Å². The summed E-state index contributed by atoms with van der Waals surface area (Å²) in [6.07, 6.45) is -4.63. The van der Waals surface area contributed by atoms with E-state index in [0.29, 0.717) is 5.56 Å². The van der Waals surface area contributed by atoms with Crippen molar-refractivity contribution in [1.29, 1.82) is 0 Å². The predicted molar refractivity (Wildman–Crippen MR) is 73.7 cm³/mol. The van der Waals surface area contributed by atoms with Gasteiger partial charge in [0.25, 0.3) is 10.2 Å². The molecule has 0 aliphatic heterocycles. The van der Waals surface area contributed by atoms with E-state index in [0.717, 1.165) is 5.56 Å². The van der Waals surface area contributed by atoms with Crippen molar-refractivity contribution in [3.05, 3.63) is 29.3 Å². The standard InChI is InChI=1S/C12H14F3N3O2S/c1-9-4-5-11(7-10(9)3-2-6-16)18-21(19,20)17-8-12(13,14)15/h4-5,7,17-18H,6,8,16H2,1H3. The second-order valence-corrected chi connectivity index (χ2v) is 5.58. The normalized spacial score (nSPS) is 11.7. The summed E-state index contributed by atoms with van der Waals surface area (Å²) in [5, 5.41) is 0. The Morgan fingerprint density at radius 3 is 2.57 bits per heavy atom. The van der Waals surface area contributed by atoms with Crippen LogP contribution in [0.25, 0.3) is 0 Å². The van der Waals surface area contributed by atoms with Gasteiger partial charge in [-0.1, -0.05) is 17.9 Å². The molecule has 9 heteroatoms. The number of benzene rings is 1. The number of rotatable bonds is 4. The third-order valence-electron chi connectivity index (χ3n) is 2.28. The van der Waals surface area contributed by atoms with Crippen LogP contribution in [0.4, 0.5) is 18.9 Å². The van der Waals surface area contributed by atoms with Crippen molar-refractivity contribution in [2.45, 2.75) is 13.1 Å². The summed E-state index contributed by atoms with van der Waals surface area (Å²) in [6.45, 7) is 0.261. The molecule has 0 spiro atoms. The summed E-state index contributed by atoms with van der Waals surface area (Å²) in [4.78, 5) is 0. The highest BCUT2D eigenvalue weighted by Crippen LogP contribution is 2.16. The molecule has 5 nitrogen and oxygen atoms in total.